The number of ether oxygens (including phenoxy) is 1. The van der Waals surface area contributed by atoms with Crippen LogP contribution in [0, 0.1) is 0 Å². The number of carbonyl (C=O) groups excluding carboxylic acids is 1. The van der Waals surface area contributed by atoms with Gasteiger partial charge in [0.25, 0.3) is 0 Å². The zero-order valence-electron chi connectivity index (χ0n) is 15.2. The van der Waals surface area contributed by atoms with Crippen molar-refractivity contribution in [3.8, 4) is 0 Å². The fourth-order valence-corrected chi connectivity index (χ4v) is 3.53. The molecule has 1 saturated heterocycles. The van der Waals surface area contributed by atoms with Crippen molar-refractivity contribution in [2.75, 3.05) is 37.0 Å². The number of hydrogen-bond donors (Lipinski definition) is 1. The topological polar surface area (TPSA) is 72.3 Å². The minimum absolute atomic E-state index is 0.00665. The molecule has 1 aromatic carbocycles. The van der Waals surface area contributed by atoms with E-state index in [4.69, 9.17) is 4.74 Å². The van der Waals surface area contributed by atoms with Gasteiger partial charge in [-0.05, 0) is 19.4 Å². The average molecular weight is 375 g/mol. The number of nitrogens with zero attached hydrogens (tertiary/aromatic N) is 4. The maximum atomic E-state index is 12.0. The molecule has 0 spiro atoms. The molecule has 1 amide bonds. The molecular weight excluding hydrogens is 350 g/mol. The van der Waals surface area contributed by atoms with Gasteiger partial charge in [-0.25, -0.2) is 0 Å². The Morgan fingerprint density at radius 3 is 2.65 bits per heavy atom. The number of aromatic nitrogens is 3. The standard InChI is InChI=1S/C18H25N5O2S/c1-14(2)19-16(24)13-26-18-21-20-17(22-8-10-25-11-9-22)23(18)12-15-6-4-3-5-7-15/h3-7,14H,8-13H2,1-2H3,(H,19,24). The summed E-state index contributed by atoms with van der Waals surface area (Å²) in [5, 5.41) is 12.4. The second-order valence-corrected chi connectivity index (χ2v) is 7.41. The van der Waals surface area contributed by atoms with Crippen LogP contribution in [0.25, 0.3) is 0 Å². The molecule has 140 valence electrons. The van der Waals surface area contributed by atoms with Gasteiger partial charge in [0.15, 0.2) is 5.16 Å². The number of anilines is 1. The zero-order chi connectivity index (χ0) is 18.4. The minimum Gasteiger partial charge on any atom is -0.378 e. The van der Waals surface area contributed by atoms with Crippen LogP contribution in [-0.4, -0.2) is 58.8 Å². The molecule has 0 unspecified atom stereocenters. The molecule has 8 heteroatoms. The Bertz CT molecular complexity index is 714. The molecule has 1 aliphatic rings. The number of hydrogen-bond acceptors (Lipinski definition) is 6. The van der Waals surface area contributed by atoms with Gasteiger partial charge < -0.3 is 15.0 Å². The van der Waals surface area contributed by atoms with Crippen molar-refractivity contribution >= 4 is 23.6 Å². The van der Waals surface area contributed by atoms with Gasteiger partial charge in [-0.1, -0.05) is 42.1 Å². The number of carbonyl (C=O) groups is 1. The molecule has 1 fully saturated rings. The lowest BCUT2D eigenvalue weighted by Crippen LogP contribution is -2.38. The summed E-state index contributed by atoms with van der Waals surface area (Å²) in [5.41, 5.74) is 1.18. The lowest BCUT2D eigenvalue weighted by Gasteiger charge is -2.28. The summed E-state index contributed by atoms with van der Waals surface area (Å²) in [6, 6.07) is 10.4. The van der Waals surface area contributed by atoms with Crippen LogP contribution in [0.4, 0.5) is 5.95 Å². The van der Waals surface area contributed by atoms with Gasteiger partial charge in [0.1, 0.15) is 0 Å². The summed E-state index contributed by atoms with van der Waals surface area (Å²) in [7, 11) is 0. The van der Waals surface area contributed by atoms with E-state index in [0.717, 1.165) is 24.2 Å². The molecule has 0 aliphatic carbocycles. The Balaban J connectivity index is 1.78. The van der Waals surface area contributed by atoms with Gasteiger partial charge in [-0.3, -0.25) is 9.36 Å². The maximum absolute atomic E-state index is 12.0. The molecule has 1 aromatic heterocycles. The van der Waals surface area contributed by atoms with Crippen LogP contribution >= 0.6 is 11.8 Å². The molecule has 2 aromatic rings. The third-order valence-corrected chi connectivity index (χ3v) is 4.92. The van der Waals surface area contributed by atoms with Crippen molar-refractivity contribution in [3.63, 3.8) is 0 Å². The van der Waals surface area contributed by atoms with Crippen molar-refractivity contribution < 1.29 is 9.53 Å². The van der Waals surface area contributed by atoms with Gasteiger partial charge >= 0.3 is 0 Å². The largest absolute Gasteiger partial charge is 0.378 e. The molecule has 2 heterocycles. The molecule has 0 bridgehead atoms. The first-order valence-electron chi connectivity index (χ1n) is 8.85. The van der Waals surface area contributed by atoms with E-state index >= 15 is 0 Å². The van der Waals surface area contributed by atoms with Gasteiger partial charge in [-0.2, -0.15) is 0 Å². The van der Waals surface area contributed by atoms with Crippen LogP contribution in [-0.2, 0) is 16.1 Å². The molecule has 0 saturated carbocycles. The number of amides is 1. The lowest BCUT2D eigenvalue weighted by molar-refractivity contribution is -0.119. The van der Waals surface area contributed by atoms with Crippen molar-refractivity contribution in [1.29, 1.82) is 0 Å². The normalized spacial score (nSPS) is 14.7. The van der Waals surface area contributed by atoms with Crippen molar-refractivity contribution in [1.82, 2.24) is 20.1 Å². The number of benzene rings is 1. The Morgan fingerprint density at radius 2 is 1.96 bits per heavy atom. The first-order chi connectivity index (χ1) is 12.6. The van der Waals surface area contributed by atoms with Crippen LogP contribution in [0.3, 0.4) is 0 Å². The Kier molecular flexibility index (Phi) is 6.51. The maximum Gasteiger partial charge on any atom is 0.230 e. The third-order valence-electron chi connectivity index (χ3n) is 3.96. The third kappa shape index (κ3) is 4.98. The van der Waals surface area contributed by atoms with E-state index in [0.29, 0.717) is 25.5 Å². The Morgan fingerprint density at radius 1 is 1.23 bits per heavy atom. The molecule has 7 nitrogen and oxygen atoms in total. The summed E-state index contributed by atoms with van der Waals surface area (Å²) >= 11 is 1.42. The summed E-state index contributed by atoms with van der Waals surface area (Å²) < 4.78 is 7.54. The van der Waals surface area contributed by atoms with E-state index in [1.807, 2.05) is 32.0 Å². The monoisotopic (exact) mass is 375 g/mol. The smallest absolute Gasteiger partial charge is 0.230 e. The summed E-state index contributed by atoms with van der Waals surface area (Å²) in [4.78, 5) is 14.2. The summed E-state index contributed by atoms with van der Waals surface area (Å²) in [6.07, 6.45) is 0. The first kappa shape index (κ1) is 18.7. The van der Waals surface area contributed by atoms with Crippen molar-refractivity contribution in [2.24, 2.45) is 0 Å². The number of nitrogens with one attached hydrogen (secondary N) is 1. The van der Waals surface area contributed by atoms with Gasteiger partial charge in [0.2, 0.25) is 11.9 Å². The van der Waals surface area contributed by atoms with Gasteiger partial charge in [0, 0.05) is 19.1 Å². The predicted octanol–water partition coefficient (Wildman–Crippen LogP) is 1.78. The highest BCUT2D eigenvalue weighted by atomic mass is 32.2. The fourth-order valence-electron chi connectivity index (χ4n) is 2.78. The Labute approximate surface area is 158 Å². The average Bonchev–Trinajstić information content (AvgIpc) is 3.03. The highest BCUT2D eigenvalue weighted by Crippen LogP contribution is 2.24. The predicted molar refractivity (Wildman–Crippen MR) is 103 cm³/mol. The highest BCUT2D eigenvalue weighted by molar-refractivity contribution is 7.99. The van der Waals surface area contributed by atoms with E-state index in [-0.39, 0.29) is 11.9 Å². The van der Waals surface area contributed by atoms with E-state index in [2.05, 4.69) is 37.1 Å². The number of thioether (sulfide) groups is 1. The Hall–Kier alpha value is -2.06. The van der Waals surface area contributed by atoms with Crippen LogP contribution in [0.15, 0.2) is 35.5 Å². The van der Waals surface area contributed by atoms with Crippen LogP contribution in [0.1, 0.15) is 19.4 Å². The number of rotatable bonds is 7. The molecule has 0 radical (unpaired) electrons. The second-order valence-electron chi connectivity index (χ2n) is 6.46. The fraction of sp³-hybridized carbons (Fsp3) is 0.500. The number of morpholine rings is 1. The van der Waals surface area contributed by atoms with Crippen molar-refractivity contribution in [3.05, 3.63) is 35.9 Å². The lowest BCUT2D eigenvalue weighted by atomic mass is 10.2. The molecule has 26 heavy (non-hydrogen) atoms. The van der Waals surface area contributed by atoms with E-state index in [1.165, 1.54) is 17.3 Å². The van der Waals surface area contributed by atoms with Crippen LogP contribution in [0.2, 0.25) is 0 Å². The molecule has 1 aliphatic heterocycles. The quantitative estimate of drug-likeness (QED) is 0.744. The highest BCUT2D eigenvalue weighted by Gasteiger charge is 2.21. The molecular formula is C18H25N5O2S. The van der Waals surface area contributed by atoms with E-state index < -0.39 is 0 Å². The molecule has 1 N–H and O–H groups in total. The van der Waals surface area contributed by atoms with Gasteiger partial charge in [-0.15, -0.1) is 10.2 Å². The minimum atomic E-state index is 0.00665. The van der Waals surface area contributed by atoms with Crippen LogP contribution in [0.5, 0.6) is 0 Å². The first-order valence-corrected chi connectivity index (χ1v) is 9.84. The van der Waals surface area contributed by atoms with Crippen LogP contribution < -0.4 is 10.2 Å². The van der Waals surface area contributed by atoms with E-state index in [1.54, 1.807) is 0 Å². The van der Waals surface area contributed by atoms with Gasteiger partial charge in [0.05, 0.1) is 25.5 Å². The van der Waals surface area contributed by atoms with E-state index in [9.17, 15) is 4.79 Å². The second kappa shape index (κ2) is 9.05. The summed E-state index contributed by atoms with van der Waals surface area (Å²) in [5.74, 6) is 1.17. The summed E-state index contributed by atoms with van der Waals surface area (Å²) in [6.45, 7) is 7.56. The zero-order valence-corrected chi connectivity index (χ0v) is 16.0. The van der Waals surface area contributed by atoms with Crippen molar-refractivity contribution in [2.45, 2.75) is 31.6 Å². The molecule has 3 rings (SSSR count). The SMILES string of the molecule is CC(C)NC(=O)CSc1nnc(N2CCOCC2)n1Cc1ccccc1. The molecule has 0 atom stereocenters.